The second kappa shape index (κ2) is 8.99. The fraction of sp³-hybridized carbons (Fsp3) is 0.304. The molecule has 2 aromatic carbocycles. The Hall–Kier alpha value is -3.68. The van der Waals surface area contributed by atoms with Crippen LogP contribution >= 0.6 is 0 Å². The first-order valence-electron chi connectivity index (χ1n) is 9.74. The largest absolute Gasteiger partial charge is 0.493 e. The Morgan fingerprint density at radius 3 is 2.19 bits per heavy atom. The minimum absolute atomic E-state index is 0.308. The predicted octanol–water partition coefficient (Wildman–Crippen LogP) is 3.63. The number of carbonyl (C=O) groups excluding carboxylic acids is 2. The minimum atomic E-state index is -0.707. The zero-order chi connectivity index (χ0) is 22.7. The molecule has 0 spiro atoms. The van der Waals surface area contributed by atoms with Crippen molar-refractivity contribution in [2.45, 2.75) is 19.9 Å². The van der Waals surface area contributed by atoms with Gasteiger partial charge in [0.05, 0.1) is 32.9 Å². The van der Waals surface area contributed by atoms with Crippen molar-refractivity contribution in [2.75, 3.05) is 33.7 Å². The number of allylic oxidation sites excluding steroid dienone is 1. The van der Waals surface area contributed by atoms with Gasteiger partial charge in [0.1, 0.15) is 0 Å². The van der Waals surface area contributed by atoms with Gasteiger partial charge in [0.15, 0.2) is 11.5 Å². The second-order valence-electron chi connectivity index (χ2n) is 7.17. The van der Waals surface area contributed by atoms with Gasteiger partial charge in [-0.1, -0.05) is 18.2 Å². The molecule has 0 radical (unpaired) electrons. The van der Waals surface area contributed by atoms with E-state index >= 15 is 0 Å². The monoisotopic (exact) mass is 425 g/mol. The molecule has 3 rings (SSSR count). The van der Waals surface area contributed by atoms with Crippen LogP contribution < -0.4 is 24.8 Å². The summed E-state index contributed by atoms with van der Waals surface area (Å²) in [6, 6.07) is 9.95. The molecule has 1 unspecified atom stereocenters. The van der Waals surface area contributed by atoms with Crippen molar-refractivity contribution in [2.24, 2.45) is 0 Å². The van der Waals surface area contributed by atoms with Gasteiger partial charge >= 0.3 is 6.03 Å². The van der Waals surface area contributed by atoms with Crippen molar-refractivity contribution >= 4 is 17.6 Å². The van der Waals surface area contributed by atoms with Crippen molar-refractivity contribution in [3.05, 3.63) is 58.8 Å². The fourth-order valence-electron chi connectivity index (χ4n) is 3.55. The van der Waals surface area contributed by atoms with E-state index in [9.17, 15) is 9.59 Å². The molecule has 2 aromatic rings. The van der Waals surface area contributed by atoms with E-state index in [2.05, 4.69) is 10.6 Å². The lowest BCUT2D eigenvalue weighted by Gasteiger charge is -2.34. The van der Waals surface area contributed by atoms with Crippen LogP contribution in [0.15, 0.2) is 47.7 Å². The molecule has 3 amide bonds. The third-order valence-electron chi connectivity index (χ3n) is 5.41. The van der Waals surface area contributed by atoms with E-state index in [1.807, 2.05) is 31.2 Å². The first kappa shape index (κ1) is 22.0. The number of hydrogen-bond donors (Lipinski definition) is 2. The Balaban J connectivity index is 2.10. The molecule has 0 aromatic heterocycles. The summed E-state index contributed by atoms with van der Waals surface area (Å²) < 4.78 is 16.3. The lowest BCUT2D eigenvalue weighted by atomic mass is 9.93. The number of nitrogens with one attached hydrogen (secondary N) is 2. The van der Waals surface area contributed by atoms with Gasteiger partial charge in [0.25, 0.3) is 5.91 Å². The molecule has 1 aliphatic rings. The standard InChI is InChI=1S/C23H27N3O5/c1-13-9-7-8-10-16(13)24-22(27)19-14(2)26(3)23(28)25-20(19)15-11-17(29-4)21(31-6)18(12-15)30-5/h7-12,20H,1-6H3,(H,24,27)(H,25,28). The molecule has 0 fully saturated rings. The van der Waals surface area contributed by atoms with Gasteiger partial charge in [-0.25, -0.2) is 4.79 Å². The first-order valence-corrected chi connectivity index (χ1v) is 9.74. The van der Waals surface area contributed by atoms with Crippen LogP contribution in [0.2, 0.25) is 0 Å². The number of nitrogens with zero attached hydrogens (tertiary/aromatic N) is 1. The molecule has 1 heterocycles. The van der Waals surface area contributed by atoms with Crippen molar-refractivity contribution in [3.63, 3.8) is 0 Å². The van der Waals surface area contributed by atoms with E-state index in [0.29, 0.717) is 39.8 Å². The van der Waals surface area contributed by atoms with Crippen molar-refractivity contribution in [3.8, 4) is 17.2 Å². The minimum Gasteiger partial charge on any atom is -0.493 e. The lowest BCUT2D eigenvalue weighted by molar-refractivity contribution is -0.113. The first-order chi connectivity index (χ1) is 14.8. The molecule has 1 aliphatic heterocycles. The average Bonchev–Trinajstić information content (AvgIpc) is 2.77. The summed E-state index contributed by atoms with van der Waals surface area (Å²) in [6.07, 6.45) is 0. The van der Waals surface area contributed by atoms with Gasteiger partial charge < -0.3 is 29.7 Å². The zero-order valence-corrected chi connectivity index (χ0v) is 18.5. The van der Waals surface area contributed by atoms with Gasteiger partial charge in [-0.3, -0.25) is 4.79 Å². The number of anilines is 1. The highest BCUT2D eigenvalue weighted by molar-refractivity contribution is 6.07. The van der Waals surface area contributed by atoms with Gasteiger partial charge in [-0.05, 0) is 43.2 Å². The van der Waals surface area contributed by atoms with E-state index in [0.717, 1.165) is 5.56 Å². The van der Waals surface area contributed by atoms with E-state index < -0.39 is 6.04 Å². The van der Waals surface area contributed by atoms with Crippen LogP contribution in [0.3, 0.4) is 0 Å². The second-order valence-corrected chi connectivity index (χ2v) is 7.17. The van der Waals surface area contributed by atoms with Crippen LogP contribution in [0, 0.1) is 6.92 Å². The summed E-state index contributed by atoms with van der Waals surface area (Å²) in [5, 5.41) is 5.86. The van der Waals surface area contributed by atoms with Gasteiger partial charge in [0, 0.05) is 18.4 Å². The molecule has 2 N–H and O–H groups in total. The summed E-state index contributed by atoms with van der Waals surface area (Å²) >= 11 is 0. The van der Waals surface area contributed by atoms with Crippen LogP contribution in [0.25, 0.3) is 0 Å². The number of ether oxygens (including phenoxy) is 3. The number of amides is 3. The Kier molecular flexibility index (Phi) is 6.39. The summed E-state index contributed by atoms with van der Waals surface area (Å²) in [4.78, 5) is 27.3. The smallest absolute Gasteiger partial charge is 0.322 e. The van der Waals surface area contributed by atoms with Crippen LogP contribution in [0.5, 0.6) is 17.2 Å². The Morgan fingerprint density at radius 1 is 1.03 bits per heavy atom. The normalized spacial score (nSPS) is 16.0. The molecule has 0 saturated heterocycles. The highest BCUT2D eigenvalue weighted by atomic mass is 16.5. The molecule has 0 bridgehead atoms. The summed E-state index contributed by atoms with van der Waals surface area (Å²) in [6.45, 7) is 3.67. The van der Waals surface area contributed by atoms with Crippen molar-refractivity contribution in [1.82, 2.24) is 10.2 Å². The van der Waals surface area contributed by atoms with Crippen LogP contribution in [-0.2, 0) is 4.79 Å². The van der Waals surface area contributed by atoms with E-state index in [4.69, 9.17) is 14.2 Å². The molecule has 0 aliphatic carbocycles. The topological polar surface area (TPSA) is 89.1 Å². The summed E-state index contributed by atoms with van der Waals surface area (Å²) in [5.74, 6) is 0.986. The Morgan fingerprint density at radius 2 is 1.65 bits per heavy atom. The maximum absolute atomic E-state index is 13.4. The molecule has 31 heavy (non-hydrogen) atoms. The third kappa shape index (κ3) is 4.14. The fourth-order valence-corrected chi connectivity index (χ4v) is 3.55. The van der Waals surface area contributed by atoms with E-state index in [1.165, 1.54) is 26.2 Å². The molecule has 164 valence electrons. The van der Waals surface area contributed by atoms with Gasteiger partial charge in [-0.15, -0.1) is 0 Å². The predicted molar refractivity (Wildman–Crippen MR) is 118 cm³/mol. The summed E-state index contributed by atoms with van der Waals surface area (Å²) in [5.41, 5.74) is 3.24. The number of rotatable bonds is 6. The van der Waals surface area contributed by atoms with Crippen LogP contribution in [-0.4, -0.2) is 45.2 Å². The number of aryl methyl sites for hydroxylation is 1. The average molecular weight is 425 g/mol. The molecular weight excluding hydrogens is 398 g/mol. The Bertz CT molecular complexity index is 1020. The quantitative estimate of drug-likeness (QED) is 0.738. The van der Waals surface area contributed by atoms with Crippen molar-refractivity contribution < 1.29 is 23.8 Å². The van der Waals surface area contributed by atoms with Crippen LogP contribution in [0.1, 0.15) is 24.1 Å². The molecule has 1 atom stereocenters. The zero-order valence-electron chi connectivity index (χ0n) is 18.5. The SMILES string of the molecule is COc1cc(C2NC(=O)N(C)C(C)=C2C(=O)Nc2ccccc2C)cc(OC)c1OC. The van der Waals surface area contributed by atoms with Gasteiger partial charge in [-0.2, -0.15) is 0 Å². The molecule has 8 heteroatoms. The lowest BCUT2D eigenvalue weighted by Crippen LogP contribution is -2.46. The van der Waals surface area contributed by atoms with E-state index in [1.54, 1.807) is 26.1 Å². The van der Waals surface area contributed by atoms with Crippen molar-refractivity contribution in [1.29, 1.82) is 0 Å². The highest BCUT2D eigenvalue weighted by Gasteiger charge is 2.35. The number of para-hydroxylation sites is 1. The highest BCUT2D eigenvalue weighted by Crippen LogP contribution is 2.42. The molecule has 0 saturated carbocycles. The maximum Gasteiger partial charge on any atom is 0.322 e. The van der Waals surface area contributed by atoms with E-state index in [-0.39, 0.29) is 11.9 Å². The summed E-state index contributed by atoms with van der Waals surface area (Å²) in [7, 11) is 6.17. The number of carbonyl (C=O) groups is 2. The third-order valence-corrected chi connectivity index (χ3v) is 5.41. The Labute approximate surface area is 181 Å². The number of benzene rings is 2. The maximum atomic E-state index is 13.4. The van der Waals surface area contributed by atoms with Gasteiger partial charge in [0.2, 0.25) is 5.75 Å². The molecule has 8 nitrogen and oxygen atoms in total. The van der Waals surface area contributed by atoms with Crippen LogP contribution in [0.4, 0.5) is 10.5 Å². The number of urea groups is 1. The number of hydrogen-bond acceptors (Lipinski definition) is 5. The molecular formula is C23H27N3O5. The number of methoxy groups -OCH3 is 3.